The van der Waals surface area contributed by atoms with Gasteiger partial charge in [0.1, 0.15) is 5.82 Å². The summed E-state index contributed by atoms with van der Waals surface area (Å²) in [6, 6.07) is 11.2. The molecule has 1 N–H and O–H groups in total. The first kappa shape index (κ1) is 25.9. The van der Waals surface area contributed by atoms with Crippen LogP contribution in [0.4, 0.5) is 10.1 Å². The highest BCUT2D eigenvalue weighted by Crippen LogP contribution is 2.25. The second kappa shape index (κ2) is 10.8. The summed E-state index contributed by atoms with van der Waals surface area (Å²) in [6.45, 7) is 4.60. The van der Waals surface area contributed by atoms with Crippen LogP contribution in [0.25, 0.3) is 6.08 Å². The third-order valence-electron chi connectivity index (χ3n) is 5.94. The highest BCUT2D eigenvalue weighted by molar-refractivity contribution is 7.92. The largest absolute Gasteiger partial charge is 0.339 e. The van der Waals surface area contributed by atoms with Gasteiger partial charge in [-0.05, 0) is 48.4 Å². The van der Waals surface area contributed by atoms with Crippen molar-refractivity contribution in [3.05, 3.63) is 83.0 Å². The van der Waals surface area contributed by atoms with Crippen molar-refractivity contribution >= 4 is 39.3 Å². The Balaban J connectivity index is 1.42. The molecule has 1 atom stereocenters. The van der Waals surface area contributed by atoms with E-state index in [0.717, 1.165) is 5.56 Å². The van der Waals surface area contributed by atoms with Crippen LogP contribution in [-0.2, 0) is 28.4 Å². The minimum Gasteiger partial charge on any atom is -0.339 e. The molecule has 0 radical (unpaired) electrons. The molecule has 1 aromatic heterocycles. The Kier molecular flexibility index (Phi) is 7.77. The molecule has 1 aliphatic heterocycles. The fourth-order valence-corrected chi connectivity index (χ4v) is 5.33. The van der Waals surface area contributed by atoms with Crippen LogP contribution >= 0.6 is 11.6 Å². The predicted octanol–water partition coefficient (Wildman–Crippen LogP) is 3.76. The molecule has 2 heterocycles. The molecule has 0 spiro atoms. The Bertz CT molecular complexity index is 1370. The number of sulfonamides is 1. The van der Waals surface area contributed by atoms with E-state index >= 15 is 0 Å². The summed E-state index contributed by atoms with van der Waals surface area (Å²) in [5.74, 6) is -0.430. The number of rotatable bonds is 7. The van der Waals surface area contributed by atoms with E-state index < -0.39 is 10.0 Å². The molecule has 0 aliphatic carbocycles. The van der Waals surface area contributed by atoms with Gasteiger partial charge in [0, 0.05) is 56.6 Å². The van der Waals surface area contributed by atoms with E-state index in [4.69, 9.17) is 11.6 Å². The predicted molar refractivity (Wildman–Crippen MR) is 137 cm³/mol. The number of carbonyl (C=O) groups excluding carboxylic acids is 1. The van der Waals surface area contributed by atoms with Gasteiger partial charge in [0.15, 0.2) is 5.03 Å². The quantitative estimate of drug-likeness (QED) is 0.469. The van der Waals surface area contributed by atoms with E-state index in [9.17, 15) is 17.6 Å². The number of imidazole rings is 1. The van der Waals surface area contributed by atoms with Crippen molar-refractivity contribution in [2.45, 2.75) is 24.5 Å². The van der Waals surface area contributed by atoms with E-state index in [-0.39, 0.29) is 28.5 Å². The lowest BCUT2D eigenvalue weighted by atomic mass is 10.1. The number of anilines is 1. The smallest absolute Gasteiger partial charge is 0.280 e. The summed E-state index contributed by atoms with van der Waals surface area (Å²) in [5.41, 5.74) is 1.76. The van der Waals surface area contributed by atoms with Crippen molar-refractivity contribution in [1.29, 1.82) is 0 Å². The van der Waals surface area contributed by atoms with E-state index in [1.807, 2.05) is 6.92 Å². The number of aromatic nitrogens is 2. The van der Waals surface area contributed by atoms with E-state index in [0.29, 0.717) is 36.8 Å². The molecule has 0 saturated carbocycles. The molecule has 1 aliphatic rings. The number of nitrogens with one attached hydrogen (secondary N) is 1. The van der Waals surface area contributed by atoms with Gasteiger partial charge in [-0.3, -0.25) is 14.4 Å². The van der Waals surface area contributed by atoms with Crippen LogP contribution in [0.1, 0.15) is 18.1 Å². The number of nitrogens with zero attached hydrogens (tertiary/aromatic N) is 4. The van der Waals surface area contributed by atoms with Gasteiger partial charge >= 0.3 is 0 Å². The molecular formula is C25H27ClFN5O3S. The van der Waals surface area contributed by atoms with E-state index in [1.54, 1.807) is 42.3 Å². The summed E-state index contributed by atoms with van der Waals surface area (Å²) < 4.78 is 42.7. The Morgan fingerprint density at radius 1 is 1.22 bits per heavy atom. The monoisotopic (exact) mass is 531 g/mol. The standard InChI is InChI=1S/C25H27ClFN5O3S/c1-18-14-31(15-19-3-8-22(27)9-4-19)11-12-32(18)25(33)10-6-20-5-7-21(26)13-23(20)29-36(34,35)24-16-30(2)17-28-24/h3-10,13,16-18,29H,11-12,14-15H2,1-2H3/t18-/m1/s1. The molecule has 8 nitrogen and oxygen atoms in total. The van der Waals surface area contributed by atoms with Crippen LogP contribution in [0, 0.1) is 5.82 Å². The summed E-state index contributed by atoms with van der Waals surface area (Å²) in [6.07, 6.45) is 5.80. The third-order valence-corrected chi connectivity index (χ3v) is 7.42. The van der Waals surface area contributed by atoms with E-state index in [1.165, 1.54) is 41.4 Å². The average Bonchev–Trinajstić information content (AvgIpc) is 3.27. The maximum Gasteiger partial charge on any atom is 0.280 e. The first-order chi connectivity index (χ1) is 17.1. The lowest BCUT2D eigenvalue weighted by Gasteiger charge is -2.39. The second-order valence-electron chi connectivity index (χ2n) is 8.79. The highest BCUT2D eigenvalue weighted by atomic mass is 35.5. The zero-order valence-corrected chi connectivity index (χ0v) is 21.5. The highest BCUT2D eigenvalue weighted by Gasteiger charge is 2.26. The number of hydrogen-bond acceptors (Lipinski definition) is 5. The number of amides is 1. The van der Waals surface area contributed by atoms with Gasteiger partial charge in [0.2, 0.25) is 5.91 Å². The van der Waals surface area contributed by atoms with Gasteiger partial charge in [-0.15, -0.1) is 0 Å². The maximum absolute atomic E-state index is 13.2. The third kappa shape index (κ3) is 6.31. The van der Waals surface area contributed by atoms with Crippen molar-refractivity contribution in [3.8, 4) is 0 Å². The van der Waals surface area contributed by atoms with Crippen molar-refractivity contribution in [3.63, 3.8) is 0 Å². The zero-order valence-electron chi connectivity index (χ0n) is 19.9. The van der Waals surface area contributed by atoms with Crippen molar-refractivity contribution in [2.24, 2.45) is 7.05 Å². The SMILES string of the molecule is C[C@@H]1CN(Cc2ccc(F)cc2)CCN1C(=O)C=Cc1ccc(Cl)cc1NS(=O)(=O)c1cn(C)cn1. The summed E-state index contributed by atoms with van der Waals surface area (Å²) in [7, 11) is -2.25. The molecule has 2 aromatic carbocycles. The first-order valence-electron chi connectivity index (χ1n) is 11.4. The van der Waals surface area contributed by atoms with Crippen molar-refractivity contribution in [2.75, 3.05) is 24.4 Å². The molecule has 0 bridgehead atoms. The van der Waals surface area contributed by atoms with Crippen molar-refractivity contribution in [1.82, 2.24) is 19.4 Å². The van der Waals surface area contributed by atoms with Crippen LogP contribution in [0.3, 0.4) is 0 Å². The van der Waals surface area contributed by atoms with Gasteiger partial charge < -0.3 is 9.47 Å². The number of carbonyl (C=O) groups is 1. The number of hydrogen-bond donors (Lipinski definition) is 1. The topological polar surface area (TPSA) is 87.5 Å². The van der Waals surface area contributed by atoms with E-state index in [2.05, 4.69) is 14.6 Å². The molecule has 1 amide bonds. The normalized spacial score (nSPS) is 17.0. The Morgan fingerprint density at radius 3 is 2.64 bits per heavy atom. The lowest BCUT2D eigenvalue weighted by molar-refractivity contribution is -0.130. The Hall–Kier alpha value is -3.21. The van der Waals surface area contributed by atoms with Gasteiger partial charge in [-0.25, -0.2) is 9.37 Å². The molecule has 36 heavy (non-hydrogen) atoms. The van der Waals surface area contributed by atoms with Crippen LogP contribution in [-0.4, -0.2) is 59.4 Å². The van der Waals surface area contributed by atoms with Gasteiger partial charge in [0.25, 0.3) is 10.0 Å². The molecule has 190 valence electrons. The number of halogens is 2. The fourth-order valence-electron chi connectivity index (χ4n) is 4.10. The average molecular weight is 532 g/mol. The Morgan fingerprint density at radius 2 is 1.97 bits per heavy atom. The number of benzene rings is 2. The molecule has 11 heteroatoms. The summed E-state index contributed by atoms with van der Waals surface area (Å²) >= 11 is 6.10. The minimum atomic E-state index is -3.93. The van der Waals surface area contributed by atoms with Gasteiger partial charge in [0.05, 0.1) is 12.0 Å². The first-order valence-corrected chi connectivity index (χ1v) is 13.2. The van der Waals surface area contributed by atoms with Gasteiger partial charge in [-0.1, -0.05) is 29.8 Å². The zero-order chi connectivity index (χ0) is 25.9. The van der Waals surface area contributed by atoms with Crippen molar-refractivity contribution < 1.29 is 17.6 Å². The minimum absolute atomic E-state index is 0.0244. The van der Waals surface area contributed by atoms with Crippen LogP contribution < -0.4 is 4.72 Å². The molecule has 0 unspecified atom stereocenters. The second-order valence-corrected chi connectivity index (χ2v) is 10.9. The molecule has 1 fully saturated rings. The fraction of sp³-hybridized carbons (Fsp3) is 0.280. The Labute approximate surface area is 215 Å². The van der Waals surface area contributed by atoms with Crippen LogP contribution in [0.5, 0.6) is 0 Å². The van der Waals surface area contributed by atoms with Crippen LogP contribution in [0.15, 0.2) is 66.1 Å². The van der Waals surface area contributed by atoms with Crippen LogP contribution in [0.2, 0.25) is 5.02 Å². The molecular weight excluding hydrogens is 505 g/mol. The number of piperazine rings is 1. The summed E-state index contributed by atoms with van der Waals surface area (Å²) in [4.78, 5) is 20.9. The number of aryl methyl sites for hydroxylation is 1. The summed E-state index contributed by atoms with van der Waals surface area (Å²) in [5, 5.41) is 0.228. The maximum atomic E-state index is 13.2. The molecule has 3 aromatic rings. The molecule has 4 rings (SSSR count). The lowest BCUT2D eigenvalue weighted by Crippen LogP contribution is -2.53. The van der Waals surface area contributed by atoms with Gasteiger partial charge in [-0.2, -0.15) is 8.42 Å². The molecule has 1 saturated heterocycles.